The highest BCUT2D eigenvalue weighted by atomic mass is 32.2. The van der Waals surface area contributed by atoms with Crippen LogP contribution in [0.2, 0.25) is 0 Å². The van der Waals surface area contributed by atoms with Crippen molar-refractivity contribution in [1.82, 2.24) is 5.43 Å². The molecule has 0 heterocycles. The number of carbonyl (C=O) groups excluding carboxylic acids is 1. The molecule has 1 amide bonds. The molecule has 3 aromatic rings. The molecular formula is C24H24N4O6S. The average Bonchev–Trinajstić information content (AvgIpc) is 2.83. The van der Waals surface area contributed by atoms with Crippen LogP contribution < -0.4 is 14.5 Å². The van der Waals surface area contributed by atoms with Gasteiger partial charge in [-0.1, -0.05) is 42.0 Å². The zero-order valence-corrected chi connectivity index (χ0v) is 19.9. The van der Waals surface area contributed by atoms with E-state index in [4.69, 9.17) is 4.74 Å². The number of amides is 1. The van der Waals surface area contributed by atoms with Crippen molar-refractivity contribution in [3.8, 4) is 5.75 Å². The molecule has 0 aliphatic rings. The number of aryl methyl sites for hydroxylation is 1. The maximum atomic E-state index is 13.5. The maximum Gasteiger partial charge on any atom is 0.278 e. The van der Waals surface area contributed by atoms with Gasteiger partial charge in [0.05, 0.1) is 33.9 Å². The van der Waals surface area contributed by atoms with Crippen molar-refractivity contribution in [2.45, 2.75) is 18.7 Å². The molecule has 0 spiro atoms. The molecule has 3 rings (SSSR count). The Morgan fingerprint density at radius 2 is 1.74 bits per heavy atom. The summed E-state index contributed by atoms with van der Waals surface area (Å²) >= 11 is 0. The van der Waals surface area contributed by atoms with Gasteiger partial charge in [0, 0.05) is 6.07 Å². The zero-order chi connectivity index (χ0) is 25.4. The number of nitro groups is 1. The fourth-order valence-corrected chi connectivity index (χ4v) is 4.61. The van der Waals surface area contributed by atoms with Gasteiger partial charge in [0.2, 0.25) is 0 Å². The normalized spacial score (nSPS) is 11.3. The Balaban J connectivity index is 1.91. The maximum absolute atomic E-state index is 13.5. The number of benzene rings is 3. The Morgan fingerprint density at radius 1 is 1.09 bits per heavy atom. The number of hydrazone groups is 1. The van der Waals surface area contributed by atoms with Crippen LogP contribution in [0.1, 0.15) is 18.1 Å². The lowest BCUT2D eigenvalue weighted by Gasteiger charge is -2.25. The number of sulfonamides is 1. The third-order valence-corrected chi connectivity index (χ3v) is 6.63. The highest BCUT2D eigenvalue weighted by Crippen LogP contribution is 2.32. The lowest BCUT2D eigenvalue weighted by Crippen LogP contribution is -2.39. The third-order valence-electron chi connectivity index (χ3n) is 4.86. The summed E-state index contributed by atoms with van der Waals surface area (Å²) in [5, 5.41) is 14.9. The summed E-state index contributed by atoms with van der Waals surface area (Å²) in [5.41, 5.74) is 3.32. The van der Waals surface area contributed by atoms with Gasteiger partial charge in [-0.2, -0.15) is 5.10 Å². The SMILES string of the molecule is CCOc1ccccc1N(CC(=O)N/N=C\c1ccccc1[N+](=O)[O-])S(=O)(=O)c1ccc(C)cc1. The number of nitrogens with one attached hydrogen (secondary N) is 1. The second kappa shape index (κ2) is 11.3. The summed E-state index contributed by atoms with van der Waals surface area (Å²) < 4.78 is 33.6. The molecule has 10 nitrogen and oxygen atoms in total. The predicted octanol–water partition coefficient (Wildman–Crippen LogP) is 3.65. The first-order valence-corrected chi connectivity index (χ1v) is 12.0. The number of nitrogens with zero attached hydrogens (tertiary/aromatic N) is 3. The van der Waals surface area contributed by atoms with E-state index < -0.39 is 27.4 Å². The van der Waals surface area contributed by atoms with E-state index in [1.165, 1.54) is 30.3 Å². The topological polar surface area (TPSA) is 131 Å². The largest absolute Gasteiger partial charge is 0.492 e. The second-order valence-electron chi connectivity index (χ2n) is 7.33. The van der Waals surface area contributed by atoms with Crippen LogP contribution in [0.25, 0.3) is 0 Å². The standard InChI is InChI=1S/C24H24N4O6S/c1-3-34-23-11-7-6-10-22(23)27(35(32,33)20-14-12-18(2)13-15-20)17-24(29)26-25-16-19-8-4-5-9-21(19)28(30)31/h4-16H,3,17H2,1-2H3,(H,26,29)/b25-16-. The van der Waals surface area contributed by atoms with Crippen molar-refractivity contribution in [3.63, 3.8) is 0 Å². The quantitative estimate of drug-likeness (QED) is 0.259. The van der Waals surface area contributed by atoms with Crippen LogP contribution in [0.3, 0.4) is 0 Å². The fraction of sp³-hybridized carbons (Fsp3) is 0.167. The predicted molar refractivity (Wildman–Crippen MR) is 132 cm³/mol. The monoisotopic (exact) mass is 496 g/mol. The summed E-state index contributed by atoms with van der Waals surface area (Å²) in [5.74, 6) is -0.455. The molecule has 0 aliphatic carbocycles. The number of ether oxygens (including phenoxy) is 1. The van der Waals surface area contributed by atoms with Crippen molar-refractivity contribution in [2.24, 2.45) is 5.10 Å². The van der Waals surface area contributed by atoms with E-state index in [9.17, 15) is 23.3 Å². The van der Waals surface area contributed by atoms with Gasteiger partial charge in [-0.15, -0.1) is 0 Å². The van der Waals surface area contributed by atoms with Crippen LogP contribution in [-0.4, -0.2) is 38.6 Å². The highest BCUT2D eigenvalue weighted by Gasteiger charge is 2.29. The molecule has 0 radical (unpaired) electrons. The van der Waals surface area contributed by atoms with Gasteiger partial charge >= 0.3 is 0 Å². The van der Waals surface area contributed by atoms with Crippen molar-refractivity contribution in [2.75, 3.05) is 17.5 Å². The number of hydrogen-bond acceptors (Lipinski definition) is 7. The van der Waals surface area contributed by atoms with Gasteiger partial charge in [0.25, 0.3) is 21.6 Å². The molecule has 0 bridgehead atoms. The Hall–Kier alpha value is -4.25. The lowest BCUT2D eigenvalue weighted by atomic mass is 10.2. The van der Waals surface area contributed by atoms with E-state index in [2.05, 4.69) is 10.5 Å². The minimum Gasteiger partial charge on any atom is -0.492 e. The second-order valence-corrected chi connectivity index (χ2v) is 9.20. The van der Waals surface area contributed by atoms with Crippen molar-refractivity contribution in [3.05, 3.63) is 94.0 Å². The summed E-state index contributed by atoms with van der Waals surface area (Å²) in [6.45, 7) is 3.29. The molecule has 1 N–H and O–H groups in total. The number of hydrogen-bond donors (Lipinski definition) is 1. The Labute approximate surface area is 203 Å². The molecule has 182 valence electrons. The zero-order valence-electron chi connectivity index (χ0n) is 19.1. The van der Waals surface area contributed by atoms with Gasteiger partial charge in [-0.05, 0) is 44.2 Å². The van der Waals surface area contributed by atoms with Crippen LogP contribution in [0.5, 0.6) is 5.75 Å². The first-order valence-electron chi connectivity index (χ1n) is 10.6. The number of nitro benzene ring substituents is 1. The van der Waals surface area contributed by atoms with Crippen LogP contribution in [0.15, 0.2) is 82.8 Å². The van der Waals surface area contributed by atoms with Crippen molar-refractivity contribution in [1.29, 1.82) is 0 Å². The summed E-state index contributed by atoms with van der Waals surface area (Å²) in [4.78, 5) is 23.3. The fourth-order valence-electron chi connectivity index (χ4n) is 3.18. The molecular weight excluding hydrogens is 472 g/mol. The van der Waals surface area contributed by atoms with Crippen LogP contribution in [-0.2, 0) is 14.8 Å². The van der Waals surface area contributed by atoms with Gasteiger partial charge in [0.1, 0.15) is 12.3 Å². The van der Waals surface area contributed by atoms with Crippen LogP contribution >= 0.6 is 0 Å². The number of carbonyl (C=O) groups is 1. The van der Waals surface area contributed by atoms with Gasteiger partial charge in [0.15, 0.2) is 0 Å². The molecule has 3 aromatic carbocycles. The van der Waals surface area contributed by atoms with Gasteiger partial charge < -0.3 is 4.74 Å². The number of para-hydroxylation sites is 3. The van der Waals surface area contributed by atoms with Crippen molar-refractivity contribution < 1.29 is 22.9 Å². The Bertz CT molecular complexity index is 1340. The first kappa shape index (κ1) is 25.4. The van der Waals surface area contributed by atoms with E-state index in [1.807, 2.05) is 6.92 Å². The summed E-state index contributed by atoms with van der Waals surface area (Å²) in [6.07, 6.45) is 1.13. The molecule has 0 unspecified atom stereocenters. The van der Waals surface area contributed by atoms with Gasteiger partial charge in [-0.3, -0.25) is 19.2 Å². The molecule has 0 aromatic heterocycles. The summed E-state index contributed by atoms with van der Waals surface area (Å²) in [6, 6.07) is 18.6. The molecule has 35 heavy (non-hydrogen) atoms. The highest BCUT2D eigenvalue weighted by molar-refractivity contribution is 7.92. The van der Waals surface area contributed by atoms with E-state index >= 15 is 0 Å². The van der Waals surface area contributed by atoms with Gasteiger partial charge in [-0.25, -0.2) is 13.8 Å². The molecule has 0 fully saturated rings. The van der Waals surface area contributed by atoms with E-state index in [-0.39, 0.29) is 21.8 Å². The van der Waals surface area contributed by atoms with Crippen LogP contribution in [0.4, 0.5) is 11.4 Å². The first-order chi connectivity index (χ1) is 16.7. The third kappa shape index (κ3) is 6.21. The minimum absolute atomic E-state index is 0.00520. The molecule has 0 saturated heterocycles. The van der Waals surface area contributed by atoms with Crippen LogP contribution in [0, 0.1) is 17.0 Å². The molecule has 0 atom stereocenters. The smallest absolute Gasteiger partial charge is 0.278 e. The molecule has 0 saturated carbocycles. The van der Waals surface area contributed by atoms with E-state index in [0.29, 0.717) is 12.4 Å². The minimum atomic E-state index is -4.15. The molecule has 11 heteroatoms. The number of anilines is 1. The molecule has 0 aliphatic heterocycles. The Kier molecular flexibility index (Phi) is 8.16. The average molecular weight is 497 g/mol. The Morgan fingerprint density at radius 3 is 2.43 bits per heavy atom. The summed E-state index contributed by atoms with van der Waals surface area (Å²) in [7, 11) is -4.15. The van der Waals surface area contributed by atoms with E-state index in [1.54, 1.807) is 49.4 Å². The number of rotatable bonds is 10. The van der Waals surface area contributed by atoms with E-state index in [0.717, 1.165) is 16.1 Å². The van der Waals surface area contributed by atoms with Crippen molar-refractivity contribution >= 4 is 33.5 Å². The lowest BCUT2D eigenvalue weighted by molar-refractivity contribution is -0.385.